The van der Waals surface area contributed by atoms with Crippen LogP contribution in [-0.4, -0.2) is 19.6 Å². The highest BCUT2D eigenvalue weighted by molar-refractivity contribution is 6.13. The van der Waals surface area contributed by atoms with Crippen LogP contribution in [-0.2, 0) is 12.5 Å². The van der Waals surface area contributed by atoms with Crippen LogP contribution >= 0.6 is 0 Å². The van der Waals surface area contributed by atoms with Gasteiger partial charge in [-0.2, -0.15) is 0 Å². The zero-order valence-corrected chi connectivity index (χ0v) is 22.9. The molecule has 196 valence electrons. The molecule has 1 N–H and O–H groups in total. The minimum absolute atomic E-state index is 0.0585. The first-order valence-electron chi connectivity index (χ1n) is 13.5. The topological polar surface area (TPSA) is 64.1 Å². The Morgan fingerprint density at radius 3 is 2.40 bits per heavy atom. The van der Waals surface area contributed by atoms with Crippen LogP contribution in [0.2, 0.25) is 0 Å². The van der Waals surface area contributed by atoms with Crippen LogP contribution in [0.5, 0.6) is 5.75 Å². The fourth-order valence-corrected chi connectivity index (χ4v) is 5.56. The number of aromatic hydroxyl groups is 1. The lowest BCUT2D eigenvalue weighted by molar-refractivity contribution is 0.475. The number of nitrogens with zero attached hydrogens (tertiary/aromatic N) is 3. The second kappa shape index (κ2) is 8.82. The van der Waals surface area contributed by atoms with Crippen molar-refractivity contribution in [1.82, 2.24) is 14.5 Å². The molecule has 0 spiro atoms. The van der Waals surface area contributed by atoms with Crippen LogP contribution in [0.25, 0.3) is 66.7 Å². The van der Waals surface area contributed by atoms with E-state index in [9.17, 15) is 5.11 Å². The highest BCUT2D eigenvalue weighted by Crippen LogP contribution is 2.42. The SMILES string of the molecule is Cn1c(-c2cc(C(C)(C)C)ccc2O)nc2c(-c3cc(-c4ccccn4)cc4c3oc3ccccc34)cccc21. The lowest BCUT2D eigenvalue weighted by Crippen LogP contribution is -2.11. The Morgan fingerprint density at radius 1 is 0.775 bits per heavy atom. The second-order valence-electron chi connectivity index (χ2n) is 11.4. The fourth-order valence-electron chi connectivity index (χ4n) is 5.56. The molecule has 4 aromatic carbocycles. The molecule has 0 bridgehead atoms. The summed E-state index contributed by atoms with van der Waals surface area (Å²) in [6.07, 6.45) is 1.82. The molecule has 0 aliphatic heterocycles. The quantitative estimate of drug-likeness (QED) is 0.251. The van der Waals surface area contributed by atoms with E-state index in [2.05, 4.69) is 72.8 Å². The van der Waals surface area contributed by atoms with Crippen molar-refractivity contribution in [3.63, 3.8) is 0 Å². The Balaban J connectivity index is 1.52. The summed E-state index contributed by atoms with van der Waals surface area (Å²) in [6, 6.07) is 30.4. The van der Waals surface area contributed by atoms with Crippen LogP contribution < -0.4 is 0 Å². The van der Waals surface area contributed by atoms with E-state index in [1.807, 2.05) is 55.7 Å². The van der Waals surface area contributed by atoms with Crippen molar-refractivity contribution in [3.05, 3.63) is 103 Å². The molecule has 0 unspecified atom stereocenters. The number of hydrogen-bond acceptors (Lipinski definition) is 4. The molecule has 0 atom stereocenters. The number of phenols is 1. The number of fused-ring (bicyclic) bond motifs is 4. The van der Waals surface area contributed by atoms with Crippen molar-refractivity contribution in [1.29, 1.82) is 0 Å². The van der Waals surface area contributed by atoms with E-state index in [1.165, 1.54) is 0 Å². The first-order valence-corrected chi connectivity index (χ1v) is 13.5. The minimum Gasteiger partial charge on any atom is -0.507 e. The summed E-state index contributed by atoms with van der Waals surface area (Å²) in [7, 11) is 2.00. The normalized spacial score (nSPS) is 12.1. The van der Waals surface area contributed by atoms with Gasteiger partial charge in [0.25, 0.3) is 0 Å². The van der Waals surface area contributed by atoms with E-state index < -0.39 is 0 Å². The number of furan rings is 1. The molecule has 7 rings (SSSR count). The second-order valence-corrected chi connectivity index (χ2v) is 11.4. The van der Waals surface area contributed by atoms with Gasteiger partial charge in [-0.05, 0) is 59.5 Å². The first kappa shape index (κ1) is 24.2. The summed E-state index contributed by atoms with van der Waals surface area (Å²) in [5, 5.41) is 13.0. The molecular formula is C35H29N3O2. The molecule has 7 aromatic rings. The molecular weight excluding hydrogens is 494 g/mol. The smallest absolute Gasteiger partial charge is 0.144 e. The van der Waals surface area contributed by atoms with Gasteiger partial charge in [0.15, 0.2) is 0 Å². The van der Waals surface area contributed by atoms with Gasteiger partial charge in [0.05, 0.1) is 22.3 Å². The third kappa shape index (κ3) is 3.77. The largest absolute Gasteiger partial charge is 0.507 e. The van der Waals surface area contributed by atoms with Gasteiger partial charge in [-0.15, -0.1) is 0 Å². The van der Waals surface area contributed by atoms with Gasteiger partial charge in [0.2, 0.25) is 0 Å². The third-order valence-corrected chi connectivity index (χ3v) is 7.74. The molecule has 0 fully saturated rings. The summed E-state index contributed by atoms with van der Waals surface area (Å²) in [5.41, 5.74) is 9.11. The zero-order valence-electron chi connectivity index (χ0n) is 22.9. The summed E-state index contributed by atoms with van der Waals surface area (Å²) in [4.78, 5) is 9.79. The average Bonchev–Trinajstić information content (AvgIpc) is 3.50. The van der Waals surface area contributed by atoms with E-state index in [0.717, 1.165) is 60.9 Å². The Morgan fingerprint density at radius 2 is 1.60 bits per heavy atom. The summed E-state index contributed by atoms with van der Waals surface area (Å²) >= 11 is 0. The summed E-state index contributed by atoms with van der Waals surface area (Å²) in [6.45, 7) is 6.51. The minimum atomic E-state index is -0.0585. The maximum absolute atomic E-state index is 10.9. The molecule has 5 heteroatoms. The van der Waals surface area contributed by atoms with E-state index in [-0.39, 0.29) is 11.2 Å². The predicted octanol–water partition coefficient (Wildman–Crippen LogP) is 8.87. The fraction of sp³-hybridized carbons (Fsp3) is 0.143. The van der Waals surface area contributed by atoms with Crippen LogP contribution in [0.3, 0.4) is 0 Å². The van der Waals surface area contributed by atoms with Gasteiger partial charge in [0.1, 0.15) is 22.7 Å². The highest BCUT2D eigenvalue weighted by atomic mass is 16.3. The molecule has 0 amide bonds. The van der Waals surface area contributed by atoms with Crippen molar-refractivity contribution < 1.29 is 9.52 Å². The van der Waals surface area contributed by atoms with Crippen molar-refractivity contribution in [2.24, 2.45) is 7.05 Å². The monoisotopic (exact) mass is 523 g/mol. The number of phenolic OH excluding ortho intramolecular Hbond substituents is 1. The lowest BCUT2D eigenvalue weighted by Gasteiger charge is -2.20. The number of hydrogen-bond donors (Lipinski definition) is 1. The number of para-hydroxylation sites is 2. The van der Waals surface area contributed by atoms with Gasteiger partial charge in [-0.3, -0.25) is 4.98 Å². The van der Waals surface area contributed by atoms with Gasteiger partial charge < -0.3 is 14.1 Å². The molecule has 3 aromatic heterocycles. The van der Waals surface area contributed by atoms with Crippen molar-refractivity contribution >= 4 is 33.0 Å². The van der Waals surface area contributed by atoms with E-state index >= 15 is 0 Å². The Hall–Kier alpha value is -4.90. The summed E-state index contributed by atoms with van der Waals surface area (Å²) in [5.74, 6) is 0.928. The van der Waals surface area contributed by atoms with Gasteiger partial charge in [0, 0.05) is 40.7 Å². The number of aromatic nitrogens is 3. The highest BCUT2D eigenvalue weighted by Gasteiger charge is 2.22. The number of imidazole rings is 1. The maximum Gasteiger partial charge on any atom is 0.144 e. The Kier molecular flexibility index (Phi) is 5.33. The van der Waals surface area contributed by atoms with Crippen molar-refractivity contribution in [2.45, 2.75) is 26.2 Å². The molecule has 0 saturated heterocycles. The molecule has 3 heterocycles. The molecule has 0 aliphatic carbocycles. The standard InChI is InChI=1S/C35H29N3O2/c1-35(2,3)22-15-16-30(39)27(20-22)34-37-32-24(11-9-13-29(32)38(34)4)26-19-21(28-12-7-8-17-36-28)18-25-23-10-5-6-14-31(23)40-33(25)26/h5-20,39H,1-4H3. The van der Waals surface area contributed by atoms with E-state index in [4.69, 9.17) is 9.40 Å². The van der Waals surface area contributed by atoms with Gasteiger partial charge >= 0.3 is 0 Å². The van der Waals surface area contributed by atoms with E-state index in [1.54, 1.807) is 6.07 Å². The molecule has 0 radical (unpaired) electrons. The molecule has 40 heavy (non-hydrogen) atoms. The number of benzene rings is 4. The van der Waals surface area contributed by atoms with Crippen LogP contribution in [0.4, 0.5) is 0 Å². The number of rotatable bonds is 3. The van der Waals surface area contributed by atoms with Crippen LogP contribution in [0, 0.1) is 0 Å². The van der Waals surface area contributed by atoms with Crippen LogP contribution in [0.1, 0.15) is 26.3 Å². The predicted molar refractivity (Wildman–Crippen MR) is 162 cm³/mol. The summed E-state index contributed by atoms with van der Waals surface area (Å²) < 4.78 is 8.53. The zero-order chi connectivity index (χ0) is 27.6. The van der Waals surface area contributed by atoms with Gasteiger partial charge in [-0.1, -0.05) is 63.2 Å². The Labute approximate surface area is 232 Å². The van der Waals surface area contributed by atoms with Crippen molar-refractivity contribution in [2.75, 3.05) is 0 Å². The molecule has 0 aliphatic rings. The van der Waals surface area contributed by atoms with E-state index in [0.29, 0.717) is 11.4 Å². The first-order chi connectivity index (χ1) is 19.3. The maximum atomic E-state index is 10.9. The third-order valence-electron chi connectivity index (χ3n) is 7.74. The van der Waals surface area contributed by atoms with Crippen molar-refractivity contribution in [3.8, 4) is 39.5 Å². The molecule has 5 nitrogen and oxygen atoms in total. The lowest BCUT2D eigenvalue weighted by atomic mass is 9.86. The molecule has 0 saturated carbocycles. The number of pyridine rings is 1. The average molecular weight is 524 g/mol. The van der Waals surface area contributed by atoms with Gasteiger partial charge in [-0.25, -0.2) is 4.98 Å². The Bertz CT molecular complexity index is 2060. The number of aryl methyl sites for hydroxylation is 1. The van der Waals surface area contributed by atoms with Crippen LogP contribution in [0.15, 0.2) is 102 Å².